The molecule has 0 bridgehead atoms. The Morgan fingerprint density at radius 3 is 2.48 bits per heavy atom. The van der Waals surface area contributed by atoms with Crippen molar-refractivity contribution < 1.29 is 9.90 Å². The van der Waals surface area contributed by atoms with Crippen LogP contribution in [0.25, 0.3) is 27.5 Å². The van der Waals surface area contributed by atoms with Gasteiger partial charge >= 0.3 is 5.97 Å². The van der Waals surface area contributed by atoms with Crippen molar-refractivity contribution in [2.45, 2.75) is 30.2 Å². The third kappa shape index (κ3) is 4.93. The molecule has 0 saturated carbocycles. The van der Waals surface area contributed by atoms with E-state index in [1.165, 1.54) is 16.0 Å². The van der Waals surface area contributed by atoms with E-state index >= 15 is 0 Å². The van der Waals surface area contributed by atoms with E-state index in [0.717, 1.165) is 9.77 Å². The van der Waals surface area contributed by atoms with Gasteiger partial charge in [-0.15, -0.1) is 11.8 Å². The van der Waals surface area contributed by atoms with Gasteiger partial charge in [0.05, 0.1) is 25.6 Å². The maximum Gasteiger partial charge on any atom is 0.355 e. The first-order valence-corrected chi connectivity index (χ1v) is 12.7. The lowest BCUT2D eigenvalue weighted by Gasteiger charge is -2.05. The molecule has 5 nitrogen and oxygen atoms in total. The number of carboxylic acids is 1. The minimum Gasteiger partial charge on any atom is -0.476 e. The van der Waals surface area contributed by atoms with Crippen LogP contribution in [0.5, 0.6) is 0 Å². The minimum absolute atomic E-state index is 0.0327. The number of hydrogen-bond donors (Lipinski definition) is 1. The Bertz CT molecular complexity index is 1370. The number of benzene rings is 2. The van der Waals surface area contributed by atoms with Gasteiger partial charge < -0.3 is 5.11 Å². The van der Waals surface area contributed by atoms with E-state index in [1.54, 1.807) is 49.0 Å². The largest absolute Gasteiger partial charge is 0.476 e. The van der Waals surface area contributed by atoms with Crippen LogP contribution in [0.1, 0.15) is 30.0 Å². The second-order valence-electron chi connectivity index (χ2n) is 7.46. The lowest BCUT2D eigenvalue weighted by molar-refractivity contribution is 0.0688. The van der Waals surface area contributed by atoms with Crippen LogP contribution in [0.4, 0.5) is 0 Å². The summed E-state index contributed by atoms with van der Waals surface area (Å²) in [4.78, 5) is 17.1. The zero-order chi connectivity index (χ0) is 23.9. The molecule has 2 heterocycles. The van der Waals surface area contributed by atoms with Crippen LogP contribution < -0.4 is 0 Å². The smallest absolute Gasteiger partial charge is 0.355 e. The van der Waals surface area contributed by atoms with Crippen molar-refractivity contribution in [3.8, 4) is 27.5 Å². The zero-order valence-corrected chi connectivity index (χ0v) is 21.7. The van der Waals surface area contributed by atoms with Crippen LogP contribution in [0, 0.1) is 6.92 Å². The van der Waals surface area contributed by atoms with Crippen LogP contribution in [0.15, 0.2) is 46.7 Å². The molecule has 0 aliphatic carbocycles. The third-order valence-electron chi connectivity index (χ3n) is 4.68. The molecule has 4 aromatic rings. The fourth-order valence-corrected chi connectivity index (χ4v) is 6.33. The number of thioether (sulfide) groups is 1. The SMILES string of the molecule is Cc1nn(-c2nc(-c3ccc(Cl)c(Cl)c3)c(SC(C)C)s2)c(C(=O)O)c1-c1cccc(Cl)c1. The second kappa shape index (κ2) is 9.68. The summed E-state index contributed by atoms with van der Waals surface area (Å²) in [5.74, 6) is -1.10. The number of thiazole rings is 1. The molecule has 0 radical (unpaired) electrons. The molecule has 4 rings (SSSR count). The molecule has 0 spiro atoms. The molecule has 0 fully saturated rings. The molecule has 33 heavy (non-hydrogen) atoms. The number of aromatic carboxylic acids is 1. The number of carbonyl (C=O) groups is 1. The highest BCUT2D eigenvalue weighted by Gasteiger charge is 2.27. The van der Waals surface area contributed by atoms with E-state index in [9.17, 15) is 9.90 Å². The molecule has 10 heteroatoms. The Balaban J connectivity index is 1.92. The van der Waals surface area contributed by atoms with E-state index in [2.05, 4.69) is 18.9 Å². The van der Waals surface area contributed by atoms with Gasteiger partial charge in [0.15, 0.2) is 5.69 Å². The summed E-state index contributed by atoms with van der Waals surface area (Å²) < 4.78 is 2.33. The monoisotopic (exact) mass is 537 g/mol. The molecule has 0 saturated heterocycles. The summed E-state index contributed by atoms with van der Waals surface area (Å²) in [5.41, 5.74) is 3.30. The van der Waals surface area contributed by atoms with Crippen molar-refractivity contribution in [2.75, 3.05) is 0 Å². The molecule has 0 aliphatic heterocycles. The summed E-state index contributed by atoms with van der Waals surface area (Å²) in [6.07, 6.45) is 0. The van der Waals surface area contributed by atoms with E-state index in [0.29, 0.717) is 48.0 Å². The quantitative estimate of drug-likeness (QED) is 0.251. The topological polar surface area (TPSA) is 68.0 Å². The third-order valence-corrected chi connectivity index (χ3v) is 7.90. The Hall–Kier alpha value is -2.03. The van der Waals surface area contributed by atoms with Gasteiger partial charge in [-0.05, 0) is 36.8 Å². The van der Waals surface area contributed by atoms with Crippen molar-refractivity contribution in [3.05, 3.63) is 68.9 Å². The Morgan fingerprint density at radius 2 is 1.85 bits per heavy atom. The molecule has 170 valence electrons. The normalized spacial score (nSPS) is 11.4. The highest BCUT2D eigenvalue weighted by molar-refractivity contribution is 8.01. The van der Waals surface area contributed by atoms with Gasteiger partial charge in [-0.3, -0.25) is 0 Å². The lowest BCUT2D eigenvalue weighted by Crippen LogP contribution is -2.09. The number of aromatic nitrogens is 3. The lowest BCUT2D eigenvalue weighted by atomic mass is 10.0. The van der Waals surface area contributed by atoms with Crippen LogP contribution in [-0.4, -0.2) is 31.1 Å². The van der Waals surface area contributed by atoms with E-state index < -0.39 is 5.97 Å². The van der Waals surface area contributed by atoms with E-state index in [1.807, 2.05) is 12.1 Å². The summed E-state index contributed by atoms with van der Waals surface area (Å²) in [7, 11) is 0. The van der Waals surface area contributed by atoms with Crippen molar-refractivity contribution in [1.29, 1.82) is 0 Å². The van der Waals surface area contributed by atoms with Crippen LogP contribution in [0.3, 0.4) is 0 Å². The summed E-state index contributed by atoms with van der Waals surface area (Å²) >= 11 is 21.5. The van der Waals surface area contributed by atoms with Gasteiger partial charge in [0.1, 0.15) is 0 Å². The van der Waals surface area contributed by atoms with Crippen LogP contribution in [-0.2, 0) is 0 Å². The molecule has 0 aliphatic rings. The van der Waals surface area contributed by atoms with Gasteiger partial charge in [0.25, 0.3) is 0 Å². The van der Waals surface area contributed by atoms with Gasteiger partial charge in [-0.1, -0.05) is 78.2 Å². The molecular formula is C23H18Cl3N3O2S2. The zero-order valence-electron chi connectivity index (χ0n) is 17.8. The van der Waals surface area contributed by atoms with E-state index in [4.69, 9.17) is 39.8 Å². The van der Waals surface area contributed by atoms with Crippen LogP contribution >= 0.6 is 57.9 Å². The average Bonchev–Trinajstić information content (AvgIpc) is 3.30. The van der Waals surface area contributed by atoms with E-state index in [-0.39, 0.29) is 5.69 Å². The first-order valence-electron chi connectivity index (χ1n) is 9.87. The van der Waals surface area contributed by atoms with Crippen LogP contribution in [0.2, 0.25) is 15.1 Å². The molecule has 0 unspecified atom stereocenters. The number of nitrogens with zero attached hydrogens (tertiary/aromatic N) is 3. The number of carboxylic acid groups (broad SMARTS) is 1. The number of aryl methyl sites for hydroxylation is 1. The molecular weight excluding hydrogens is 521 g/mol. The van der Waals surface area contributed by atoms with Gasteiger partial charge in [-0.2, -0.15) is 9.78 Å². The van der Waals surface area contributed by atoms with Crippen molar-refractivity contribution in [1.82, 2.24) is 14.8 Å². The average molecular weight is 539 g/mol. The Morgan fingerprint density at radius 1 is 1.09 bits per heavy atom. The second-order valence-corrected chi connectivity index (χ2v) is 11.5. The Labute approximate surface area is 214 Å². The molecule has 1 N–H and O–H groups in total. The highest BCUT2D eigenvalue weighted by atomic mass is 35.5. The van der Waals surface area contributed by atoms with Gasteiger partial charge in [-0.25, -0.2) is 9.78 Å². The van der Waals surface area contributed by atoms with Crippen molar-refractivity contribution in [3.63, 3.8) is 0 Å². The number of rotatable bonds is 6. The first kappa shape index (κ1) is 24.1. The first-order chi connectivity index (χ1) is 15.7. The van der Waals surface area contributed by atoms with Crippen molar-refractivity contribution >= 4 is 63.9 Å². The summed E-state index contributed by atoms with van der Waals surface area (Å²) in [5, 5.41) is 16.8. The number of hydrogen-bond acceptors (Lipinski definition) is 5. The maximum absolute atomic E-state index is 12.4. The fraction of sp³-hybridized carbons (Fsp3) is 0.174. The minimum atomic E-state index is -1.10. The molecule has 0 atom stereocenters. The summed E-state index contributed by atoms with van der Waals surface area (Å²) in [6, 6.07) is 12.4. The van der Waals surface area contributed by atoms with Crippen molar-refractivity contribution in [2.24, 2.45) is 0 Å². The van der Waals surface area contributed by atoms with Gasteiger partial charge in [0, 0.05) is 21.4 Å². The predicted molar refractivity (Wildman–Crippen MR) is 138 cm³/mol. The maximum atomic E-state index is 12.4. The standard InChI is InChI=1S/C23H18Cl3N3O2S2/c1-11(2)32-22-19(14-7-8-16(25)17(26)10-14)27-23(33-22)29-20(21(30)31)18(12(3)28-29)13-5-4-6-15(24)9-13/h4-11H,1-3H3,(H,30,31). The highest BCUT2D eigenvalue weighted by Crippen LogP contribution is 2.42. The molecule has 2 aromatic heterocycles. The fourth-order valence-electron chi connectivity index (χ4n) is 3.36. The number of halogens is 3. The Kier molecular flexibility index (Phi) is 7.07. The summed E-state index contributed by atoms with van der Waals surface area (Å²) in [6.45, 7) is 5.94. The molecule has 0 amide bonds. The molecule has 2 aromatic carbocycles. The van der Waals surface area contributed by atoms with Gasteiger partial charge in [0.2, 0.25) is 5.13 Å². The predicted octanol–water partition coefficient (Wildman–Crippen LogP) is 8.13.